The number of benzene rings is 1. The lowest BCUT2D eigenvalue weighted by Gasteiger charge is -2.43. The number of hydrogen-bond acceptors (Lipinski definition) is 5. The standard InChI is InChI=1S/C25H31ClN6O/c1-15(2)27-11-21(17-4-6-18(26)7-5-17)25(33)32-19-8-9-20(32)13-31(12-19)24-22-16(3)10-28-23(22)29-14-30-24/h4-7,10,14-15,19-21,27H,8-9,11-13H2,1-3H3,(H,28,29,30)/t19-,20+,21-/m1/s1. The average molecular weight is 467 g/mol. The van der Waals surface area contributed by atoms with E-state index in [2.05, 4.69) is 50.8 Å². The second-order valence-electron chi connectivity index (χ2n) is 9.60. The van der Waals surface area contributed by atoms with Gasteiger partial charge < -0.3 is 20.1 Å². The highest BCUT2D eigenvalue weighted by Crippen LogP contribution is 2.37. The number of fused-ring (bicyclic) bond motifs is 3. The third kappa shape index (κ3) is 4.20. The zero-order valence-electron chi connectivity index (χ0n) is 19.4. The van der Waals surface area contributed by atoms with Crippen LogP contribution in [0.5, 0.6) is 0 Å². The van der Waals surface area contributed by atoms with E-state index in [9.17, 15) is 4.79 Å². The summed E-state index contributed by atoms with van der Waals surface area (Å²) in [6.45, 7) is 8.51. The molecule has 3 atom stereocenters. The number of halogens is 1. The van der Waals surface area contributed by atoms with E-state index in [0.29, 0.717) is 17.6 Å². The van der Waals surface area contributed by atoms with E-state index < -0.39 is 0 Å². The molecule has 2 N–H and O–H groups in total. The van der Waals surface area contributed by atoms with Crippen molar-refractivity contribution in [1.29, 1.82) is 0 Å². The molecule has 0 unspecified atom stereocenters. The number of carbonyl (C=O) groups excluding carboxylic acids is 1. The molecule has 2 aromatic heterocycles. The molecule has 2 fully saturated rings. The van der Waals surface area contributed by atoms with E-state index in [1.807, 2.05) is 30.5 Å². The van der Waals surface area contributed by atoms with Gasteiger partial charge in [-0.25, -0.2) is 9.97 Å². The van der Waals surface area contributed by atoms with Gasteiger partial charge in [-0.1, -0.05) is 37.6 Å². The topological polar surface area (TPSA) is 77.2 Å². The highest BCUT2D eigenvalue weighted by Gasteiger charge is 2.45. The minimum atomic E-state index is -0.225. The highest BCUT2D eigenvalue weighted by atomic mass is 35.5. The third-order valence-corrected chi connectivity index (χ3v) is 7.24. The first kappa shape index (κ1) is 22.2. The van der Waals surface area contributed by atoms with Gasteiger partial charge in [0.15, 0.2) is 0 Å². The maximum Gasteiger partial charge on any atom is 0.232 e. The van der Waals surface area contributed by atoms with Crippen molar-refractivity contribution >= 4 is 34.4 Å². The molecule has 2 aliphatic heterocycles. The number of aromatic nitrogens is 3. The van der Waals surface area contributed by atoms with Crippen molar-refractivity contribution < 1.29 is 4.79 Å². The molecule has 2 saturated heterocycles. The first-order valence-corrected chi connectivity index (χ1v) is 12.1. The molecule has 8 heteroatoms. The summed E-state index contributed by atoms with van der Waals surface area (Å²) in [4.78, 5) is 30.7. The molecule has 174 valence electrons. The number of aromatic amines is 1. The molecular weight excluding hydrogens is 436 g/mol. The number of carbonyl (C=O) groups is 1. The molecule has 2 bridgehead atoms. The normalized spacial score (nSPS) is 21.2. The Hall–Kier alpha value is -2.64. The van der Waals surface area contributed by atoms with E-state index in [4.69, 9.17) is 11.6 Å². The first-order valence-electron chi connectivity index (χ1n) is 11.8. The zero-order valence-corrected chi connectivity index (χ0v) is 20.1. The van der Waals surface area contributed by atoms with Crippen LogP contribution in [0.4, 0.5) is 5.82 Å². The van der Waals surface area contributed by atoms with Crippen molar-refractivity contribution in [2.24, 2.45) is 0 Å². The van der Waals surface area contributed by atoms with Gasteiger partial charge >= 0.3 is 0 Å². The highest BCUT2D eigenvalue weighted by molar-refractivity contribution is 6.30. The monoisotopic (exact) mass is 466 g/mol. The summed E-state index contributed by atoms with van der Waals surface area (Å²) in [6.07, 6.45) is 5.66. The van der Waals surface area contributed by atoms with Crippen LogP contribution in [0.25, 0.3) is 11.0 Å². The fourth-order valence-corrected chi connectivity index (χ4v) is 5.48. The summed E-state index contributed by atoms with van der Waals surface area (Å²) in [5, 5.41) is 5.24. The van der Waals surface area contributed by atoms with Crippen molar-refractivity contribution in [2.75, 3.05) is 24.5 Å². The van der Waals surface area contributed by atoms with E-state index >= 15 is 0 Å². The summed E-state index contributed by atoms with van der Waals surface area (Å²) in [7, 11) is 0. The minimum absolute atomic E-state index is 0.189. The van der Waals surface area contributed by atoms with Crippen LogP contribution >= 0.6 is 11.6 Å². The molecule has 4 heterocycles. The van der Waals surface area contributed by atoms with Gasteiger partial charge in [0.1, 0.15) is 17.8 Å². The molecule has 2 aliphatic rings. The van der Waals surface area contributed by atoms with Crippen LogP contribution in [0, 0.1) is 6.92 Å². The quantitative estimate of drug-likeness (QED) is 0.576. The second kappa shape index (κ2) is 8.95. The van der Waals surface area contributed by atoms with Crippen LogP contribution < -0.4 is 10.2 Å². The summed E-state index contributed by atoms with van der Waals surface area (Å²) in [5.41, 5.74) is 3.03. The molecule has 0 spiro atoms. The SMILES string of the molecule is Cc1c[nH]c2ncnc(N3C[C@H]4CC[C@@H](C3)N4C(=O)[C@H](CNC(C)C)c3ccc(Cl)cc3)c12. The Morgan fingerprint density at radius 1 is 1.18 bits per heavy atom. The molecule has 0 aliphatic carbocycles. The first-order chi connectivity index (χ1) is 15.9. The number of anilines is 1. The van der Waals surface area contributed by atoms with Crippen LogP contribution in [0.2, 0.25) is 5.02 Å². The van der Waals surface area contributed by atoms with E-state index in [1.54, 1.807) is 6.33 Å². The predicted molar refractivity (Wildman–Crippen MR) is 132 cm³/mol. The Labute approximate surface area is 199 Å². The zero-order chi connectivity index (χ0) is 23.1. The molecule has 7 nitrogen and oxygen atoms in total. The smallest absolute Gasteiger partial charge is 0.232 e. The predicted octanol–water partition coefficient (Wildman–Crippen LogP) is 3.88. The molecule has 0 radical (unpaired) electrons. The van der Waals surface area contributed by atoms with Crippen molar-refractivity contribution in [2.45, 2.75) is 57.7 Å². The van der Waals surface area contributed by atoms with E-state index in [-0.39, 0.29) is 23.9 Å². The number of H-pyrrole nitrogens is 1. The van der Waals surface area contributed by atoms with E-state index in [0.717, 1.165) is 53.9 Å². The number of piperazine rings is 1. The van der Waals surface area contributed by atoms with Crippen LogP contribution in [0.3, 0.4) is 0 Å². The van der Waals surface area contributed by atoms with Crippen molar-refractivity contribution in [3.63, 3.8) is 0 Å². The number of nitrogens with zero attached hydrogens (tertiary/aromatic N) is 4. The lowest BCUT2D eigenvalue weighted by Crippen LogP contribution is -2.57. The van der Waals surface area contributed by atoms with Crippen LogP contribution in [0.15, 0.2) is 36.8 Å². The van der Waals surface area contributed by atoms with Crippen molar-refractivity contribution in [3.05, 3.63) is 52.9 Å². The Morgan fingerprint density at radius 2 is 1.88 bits per heavy atom. The summed E-state index contributed by atoms with van der Waals surface area (Å²) in [6, 6.07) is 8.40. The Balaban J connectivity index is 1.40. The summed E-state index contributed by atoms with van der Waals surface area (Å²) < 4.78 is 0. The maximum absolute atomic E-state index is 13.9. The largest absolute Gasteiger partial charge is 0.352 e. The van der Waals surface area contributed by atoms with Gasteiger partial charge in [-0.15, -0.1) is 0 Å². The maximum atomic E-state index is 13.9. The van der Waals surface area contributed by atoms with Gasteiger partial charge in [-0.2, -0.15) is 0 Å². The van der Waals surface area contributed by atoms with Crippen molar-refractivity contribution in [3.8, 4) is 0 Å². The van der Waals surface area contributed by atoms with Gasteiger partial charge in [0.25, 0.3) is 0 Å². The van der Waals surface area contributed by atoms with Gasteiger partial charge in [-0.05, 0) is 43.0 Å². The molecule has 1 aromatic carbocycles. The average Bonchev–Trinajstić information content (AvgIpc) is 3.31. The summed E-state index contributed by atoms with van der Waals surface area (Å²) >= 11 is 6.12. The van der Waals surface area contributed by atoms with Crippen LogP contribution in [0.1, 0.15) is 43.7 Å². The summed E-state index contributed by atoms with van der Waals surface area (Å²) in [5.74, 6) is 0.957. The molecule has 33 heavy (non-hydrogen) atoms. The minimum Gasteiger partial charge on any atom is -0.352 e. The van der Waals surface area contributed by atoms with Crippen molar-refractivity contribution in [1.82, 2.24) is 25.2 Å². The van der Waals surface area contributed by atoms with Gasteiger partial charge in [0.05, 0.1) is 11.3 Å². The van der Waals surface area contributed by atoms with Crippen LogP contribution in [-0.4, -0.2) is 63.5 Å². The number of rotatable bonds is 6. The molecule has 3 aromatic rings. The second-order valence-corrected chi connectivity index (χ2v) is 10.0. The molecule has 1 amide bonds. The Morgan fingerprint density at radius 3 is 2.55 bits per heavy atom. The third-order valence-electron chi connectivity index (χ3n) is 6.98. The Kier molecular flexibility index (Phi) is 6.01. The molecule has 0 saturated carbocycles. The Bertz CT molecular complexity index is 1130. The number of amides is 1. The van der Waals surface area contributed by atoms with Gasteiger partial charge in [-0.3, -0.25) is 4.79 Å². The fraction of sp³-hybridized carbons (Fsp3) is 0.480. The number of aryl methyl sites for hydroxylation is 1. The number of hydrogen-bond donors (Lipinski definition) is 2. The van der Waals surface area contributed by atoms with Gasteiger partial charge in [0, 0.05) is 49.0 Å². The van der Waals surface area contributed by atoms with E-state index in [1.165, 1.54) is 0 Å². The number of nitrogens with one attached hydrogen (secondary N) is 2. The fourth-order valence-electron chi connectivity index (χ4n) is 5.35. The lowest BCUT2D eigenvalue weighted by atomic mass is 9.95. The lowest BCUT2D eigenvalue weighted by molar-refractivity contribution is -0.136. The van der Waals surface area contributed by atoms with Gasteiger partial charge in [0.2, 0.25) is 5.91 Å². The van der Waals surface area contributed by atoms with Crippen LogP contribution in [-0.2, 0) is 4.79 Å². The molecule has 5 rings (SSSR count). The molecular formula is C25H31ClN6O.